The molecular formula is C16H22ClNO. The molecule has 0 amide bonds. The molecule has 2 aliphatic rings. The van der Waals surface area contributed by atoms with Gasteiger partial charge in [0.25, 0.3) is 0 Å². The summed E-state index contributed by atoms with van der Waals surface area (Å²) in [6.07, 6.45) is 5.06. The van der Waals surface area contributed by atoms with Crippen LogP contribution in [-0.4, -0.2) is 25.8 Å². The monoisotopic (exact) mass is 279 g/mol. The zero-order valence-electron chi connectivity index (χ0n) is 11.3. The third-order valence-electron chi connectivity index (χ3n) is 4.43. The van der Waals surface area contributed by atoms with Crippen LogP contribution in [0.2, 0.25) is 5.02 Å². The summed E-state index contributed by atoms with van der Waals surface area (Å²) in [5.74, 6) is 1.45. The Kier molecular flexibility index (Phi) is 4.42. The highest BCUT2D eigenvalue weighted by Crippen LogP contribution is 2.37. The van der Waals surface area contributed by atoms with Crippen molar-refractivity contribution < 1.29 is 4.74 Å². The molecule has 1 atom stereocenters. The summed E-state index contributed by atoms with van der Waals surface area (Å²) < 4.78 is 5.52. The molecule has 1 aliphatic heterocycles. The van der Waals surface area contributed by atoms with Gasteiger partial charge in [-0.15, -0.1) is 0 Å². The predicted molar refractivity (Wildman–Crippen MR) is 78.8 cm³/mol. The minimum absolute atomic E-state index is 0.697. The average molecular weight is 280 g/mol. The molecule has 1 saturated heterocycles. The first kappa shape index (κ1) is 13.4. The molecule has 0 spiro atoms. The van der Waals surface area contributed by atoms with E-state index < -0.39 is 0 Å². The molecule has 0 aromatic heterocycles. The van der Waals surface area contributed by atoms with Gasteiger partial charge < -0.3 is 10.1 Å². The number of rotatable bonds is 4. The van der Waals surface area contributed by atoms with Gasteiger partial charge in [-0.3, -0.25) is 0 Å². The lowest BCUT2D eigenvalue weighted by Gasteiger charge is -2.37. The highest BCUT2D eigenvalue weighted by molar-refractivity contribution is 6.30. The summed E-state index contributed by atoms with van der Waals surface area (Å²) >= 11 is 5.92. The van der Waals surface area contributed by atoms with Crippen LogP contribution in [0.3, 0.4) is 0 Å². The van der Waals surface area contributed by atoms with Crippen LogP contribution in [0.5, 0.6) is 0 Å². The SMILES string of the molecule is Clc1ccc(C2CC(NCC3CCCOC3)C2)cc1. The standard InChI is InChI=1S/C16H22ClNO/c17-15-5-3-13(4-6-15)14-8-16(9-14)18-10-12-2-1-7-19-11-12/h3-6,12,14,16,18H,1-2,7-11H2. The number of benzene rings is 1. The Morgan fingerprint density at radius 3 is 2.68 bits per heavy atom. The van der Waals surface area contributed by atoms with E-state index in [4.69, 9.17) is 16.3 Å². The molecule has 1 aromatic rings. The molecular weight excluding hydrogens is 258 g/mol. The number of ether oxygens (including phenoxy) is 1. The molecule has 1 N–H and O–H groups in total. The molecule has 0 radical (unpaired) electrons. The van der Waals surface area contributed by atoms with Gasteiger partial charge in [0, 0.05) is 24.2 Å². The smallest absolute Gasteiger partial charge is 0.0506 e. The molecule has 0 bridgehead atoms. The third-order valence-corrected chi connectivity index (χ3v) is 4.68. The molecule has 1 aromatic carbocycles. The Morgan fingerprint density at radius 2 is 2.00 bits per heavy atom. The van der Waals surface area contributed by atoms with Crippen LogP contribution in [0.25, 0.3) is 0 Å². The van der Waals surface area contributed by atoms with Gasteiger partial charge in [-0.25, -0.2) is 0 Å². The van der Waals surface area contributed by atoms with Crippen molar-refractivity contribution in [1.82, 2.24) is 5.32 Å². The maximum Gasteiger partial charge on any atom is 0.0506 e. The Labute approximate surface area is 120 Å². The van der Waals surface area contributed by atoms with Gasteiger partial charge in [0.1, 0.15) is 0 Å². The van der Waals surface area contributed by atoms with Gasteiger partial charge in [0.2, 0.25) is 0 Å². The molecule has 2 fully saturated rings. The molecule has 19 heavy (non-hydrogen) atoms. The summed E-state index contributed by atoms with van der Waals surface area (Å²) in [5, 5.41) is 4.52. The van der Waals surface area contributed by atoms with E-state index in [1.54, 1.807) is 0 Å². The second-order valence-electron chi connectivity index (χ2n) is 5.91. The van der Waals surface area contributed by atoms with Gasteiger partial charge in [0.05, 0.1) is 6.61 Å². The van der Waals surface area contributed by atoms with Gasteiger partial charge in [0.15, 0.2) is 0 Å². The van der Waals surface area contributed by atoms with Gasteiger partial charge in [-0.05, 0) is 55.2 Å². The lowest BCUT2D eigenvalue weighted by Crippen LogP contribution is -2.43. The molecule has 1 saturated carbocycles. The Bertz CT molecular complexity index is 394. The van der Waals surface area contributed by atoms with Crippen LogP contribution in [0.1, 0.15) is 37.2 Å². The van der Waals surface area contributed by atoms with E-state index in [1.165, 1.54) is 31.2 Å². The molecule has 104 valence electrons. The number of hydrogen-bond acceptors (Lipinski definition) is 2. The third kappa shape index (κ3) is 3.50. The number of halogens is 1. The molecule has 3 heteroatoms. The van der Waals surface area contributed by atoms with Crippen molar-refractivity contribution in [2.24, 2.45) is 5.92 Å². The van der Waals surface area contributed by atoms with Crippen LogP contribution in [0.4, 0.5) is 0 Å². The van der Waals surface area contributed by atoms with E-state index in [2.05, 4.69) is 17.4 Å². The predicted octanol–water partition coefficient (Wildman–Crippen LogP) is 3.60. The van der Waals surface area contributed by atoms with Crippen molar-refractivity contribution >= 4 is 11.6 Å². The van der Waals surface area contributed by atoms with Crippen molar-refractivity contribution in [2.75, 3.05) is 19.8 Å². The maximum absolute atomic E-state index is 5.92. The highest BCUT2D eigenvalue weighted by Gasteiger charge is 2.30. The summed E-state index contributed by atoms with van der Waals surface area (Å²) in [4.78, 5) is 0. The van der Waals surface area contributed by atoms with Gasteiger partial charge >= 0.3 is 0 Å². The van der Waals surface area contributed by atoms with Crippen molar-refractivity contribution in [3.63, 3.8) is 0 Å². The van der Waals surface area contributed by atoms with Crippen LogP contribution < -0.4 is 5.32 Å². The molecule has 1 heterocycles. The van der Waals surface area contributed by atoms with Crippen molar-refractivity contribution in [3.05, 3.63) is 34.9 Å². The summed E-state index contributed by atoms with van der Waals surface area (Å²) in [6.45, 7) is 3.02. The van der Waals surface area contributed by atoms with E-state index in [0.29, 0.717) is 6.04 Å². The van der Waals surface area contributed by atoms with Crippen molar-refractivity contribution in [3.8, 4) is 0 Å². The van der Waals surface area contributed by atoms with Gasteiger partial charge in [-0.1, -0.05) is 23.7 Å². The van der Waals surface area contributed by atoms with Crippen LogP contribution in [-0.2, 0) is 4.74 Å². The fourth-order valence-electron chi connectivity index (χ4n) is 3.09. The molecule has 1 aliphatic carbocycles. The average Bonchev–Trinajstić information content (AvgIpc) is 2.40. The quantitative estimate of drug-likeness (QED) is 0.909. The molecule has 1 unspecified atom stereocenters. The Hall–Kier alpha value is -0.570. The zero-order chi connectivity index (χ0) is 13.1. The highest BCUT2D eigenvalue weighted by atomic mass is 35.5. The molecule has 2 nitrogen and oxygen atoms in total. The second-order valence-corrected chi connectivity index (χ2v) is 6.34. The maximum atomic E-state index is 5.92. The van der Waals surface area contributed by atoms with E-state index in [-0.39, 0.29) is 0 Å². The summed E-state index contributed by atoms with van der Waals surface area (Å²) in [5.41, 5.74) is 1.43. The second kappa shape index (κ2) is 6.25. The van der Waals surface area contributed by atoms with Gasteiger partial charge in [-0.2, -0.15) is 0 Å². The first-order valence-corrected chi connectivity index (χ1v) is 7.75. The van der Waals surface area contributed by atoms with Crippen LogP contribution >= 0.6 is 11.6 Å². The Balaban J connectivity index is 1.39. The largest absolute Gasteiger partial charge is 0.381 e. The fraction of sp³-hybridized carbons (Fsp3) is 0.625. The fourth-order valence-corrected chi connectivity index (χ4v) is 3.22. The zero-order valence-corrected chi connectivity index (χ0v) is 12.0. The van der Waals surface area contributed by atoms with E-state index in [0.717, 1.165) is 36.6 Å². The van der Waals surface area contributed by atoms with E-state index in [9.17, 15) is 0 Å². The van der Waals surface area contributed by atoms with E-state index >= 15 is 0 Å². The van der Waals surface area contributed by atoms with Crippen molar-refractivity contribution in [2.45, 2.75) is 37.6 Å². The van der Waals surface area contributed by atoms with E-state index in [1.807, 2.05) is 12.1 Å². The Morgan fingerprint density at radius 1 is 1.21 bits per heavy atom. The normalized spacial score (nSPS) is 30.9. The van der Waals surface area contributed by atoms with Crippen LogP contribution in [0, 0.1) is 5.92 Å². The first-order chi connectivity index (χ1) is 9.31. The lowest BCUT2D eigenvalue weighted by molar-refractivity contribution is 0.0521. The molecule has 3 rings (SSSR count). The summed E-state index contributed by atoms with van der Waals surface area (Å²) in [6, 6.07) is 9.02. The number of hydrogen-bond donors (Lipinski definition) is 1. The number of nitrogens with one attached hydrogen (secondary N) is 1. The lowest BCUT2D eigenvalue weighted by atomic mass is 9.76. The topological polar surface area (TPSA) is 21.3 Å². The minimum Gasteiger partial charge on any atom is -0.381 e. The first-order valence-electron chi connectivity index (χ1n) is 7.38. The summed E-state index contributed by atoms with van der Waals surface area (Å²) in [7, 11) is 0. The van der Waals surface area contributed by atoms with Crippen LogP contribution in [0.15, 0.2) is 24.3 Å². The minimum atomic E-state index is 0.697. The van der Waals surface area contributed by atoms with Crippen molar-refractivity contribution in [1.29, 1.82) is 0 Å².